The monoisotopic (exact) mass is 246 g/mol. The van der Waals surface area contributed by atoms with Crippen LogP contribution in [0.2, 0.25) is 0 Å². The van der Waals surface area contributed by atoms with Gasteiger partial charge in [-0.3, -0.25) is 0 Å². The molecule has 0 saturated carbocycles. The minimum atomic E-state index is 0. The molecular weight excluding hydrogens is 242 g/mol. The van der Waals surface area contributed by atoms with E-state index in [0.717, 1.165) is 0 Å². The molecule has 0 aromatic rings. The molecule has 4 heteroatoms. The third-order valence-electron chi connectivity index (χ3n) is 0. The first-order chi connectivity index (χ1) is 0. The van der Waals surface area contributed by atoms with Crippen molar-refractivity contribution in [2.45, 2.75) is 0 Å². The normalized spacial score (nSPS) is 0. The molecule has 0 aliphatic carbocycles. The molecule has 0 amide bonds. The molecule has 0 rings (SSSR count). The van der Waals surface area contributed by atoms with E-state index in [1.54, 1.807) is 0 Å². The Kier molecular flexibility index (Phi) is 92.3. The zero-order chi connectivity index (χ0) is 0. The van der Waals surface area contributed by atoms with Crippen LogP contribution in [-0.2, 0) is 0 Å². The van der Waals surface area contributed by atoms with E-state index in [1.807, 2.05) is 0 Å². The van der Waals surface area contributed by atoms with Crippen molar-refractivity contribution in [2.75, 3.05) is 0 Å². The predicted octanol–water partition coefficient (Wildman–Crippen LogP) is -1.95. The summed E-state index contributed by atoms with van der Waals surface area (Å²) in [6.45, 7) is 0. The Hall–Kier alpha value is 4.52. The molecule has 0 aromatic carbocycles. The molecule has 0 radical (unpaired) electrons. The van der Waals surface area contributed by atoms with Crippen molar-refractivity contribution >= 4 is 88.7 Å². The predicted molar refractivity (Wildman–Crippen MR) is 21.4 cm³/mol. The zero-order valence-electron chi connectivity index (χ0n) is 0.267. The van der Waals surface area contributed by atoms with Gasteiger partial charge in [0.1, 0.15) is 0 Å². The summed E-state index contributed by atoms with van der Waals surface area (Å²) >= 11 is 0. The second-order valence-corrected chi connectivity index (χ2v) is 0. The van der Waals surface area contributed by atoms with Crippen molar-refractivity contribution in [3.05, 3.63) is 0 Å². The molecule has 0 aliphatic heterocycles. The van der Waals surface area contributed by atoms with Gasteiger partial charge in [0.05, 0.1) is 0 Å². The summed E-state index contributed by atoms with van der Waals surface area (Å²) in [6, 6.07) is 0. The quantitative estimate of drug-likeness (QED) is 0.435. The Morgan fingerprint density at radius 2 is 0.500 bits per heavy atom. The van der Waals surface area contributed by atoms with E-state index in [-0.39, 0.29) is 136 Å². The maximum Gasteiger partial charge on any atom is 0 e. The largest absolute Gasteiger partial charge is 0 e. The molecule has 20 valence electrons. The van der Waals surface area contributed by atoms with Crippen LogP contribution in [0, 0.1) is 46.9 Å². The Labute approximate surface area is 131 Å². The van der Waals surface area contributed by atoms with Crippen molar-refractivity contribution in [3.8, 4) is 0 Å². The van der Waals surface area contributed by atoms with Gasteiger partial charge in [-0.2, -0.15) is 0 Å². The van der Waals surface area contributed by atoms with Crippen LogP contribution in [0.25, 0.3) is 0 Å². The third-order valence-corrected chi connectivity index (χ3v) is 0. The summed E-state index contributed by atoms with van der Waals surface area (Å²) in [5.74, 6) is 0. The van der Waals surface area contributed by atoms with Crippen LogP contribution in [0.5, 0.6) is 0 Å². The molecule has 0 aliphatic rings. The van der Waals surface area contributed by atoms with Crippen LogP contribution in [0.4, 0.5) is 0 Å². The van der Waals surface area contributed by atoms with E-state index in [0.29, 0.717) is 0 Å². The molecule has 0 atom stereocenters. The van der Waals surface area contributed by atoms with Gasteiger partial charge in [0.25, 0.3) is 0 Å². The minimum absolute atomic E-state index is 0. The van der Waals surface area contributed by atoms with Crippen LogP contribution in [0.1, 0.15) is 0 Å². The molecule has 0 heterocycles. The number of hydrogen-bond acceptors (Lipinski definition) is 0. The Balaban J connectivity index is 0. The molecule has 0 nitrogen and oxygen atoms in total. The van der Waals surface area contributed by atoms with Crippen molar-refractivity contribution in [3.63, 3.8) is 0 Å². The van der Waals surface area contributed by atoms with Gasteiger partial charge in [-0.1, -0.05) is 0 Å². The summed E-state index contributed by atoms with van der Waals surface area (Å²) < 4.78 is 0. The summed E-state index contributed by atoms with van der Waals surface area (Å²) in [5, 5.41) is 0. The summed E-state index contributed by atoms with van der Waals surface area (Å²) in [6.07, 6.45) is 0. The third kappa shape index (κ3) is 9.72. The molecule has 0 unspecified atom stereocenters. The van der Waals surface area contributed by atoms with Crippen LogP contribution >= 0.6 is 0 Å². The summed E-state index contributed by atoms with van der Waals surface area (Å²) in [5.41, 5.74) is 0. The van der Waals surface area contributed by atoms with Crippen molar-refractivity contribution < 1.29 is 46.9 Å². The van der Waals surface area contributed by atoms with Crippen LogP contribution in [0.3, 0.4) is 0 Å². The Morgan fingerprint density at radius 1 is 0.500 bits per heavy atom. The number of rotatable bonds is 0. The topological polar surface area (TPSA) is 0 Å². The first kappa shape index (κ1) is 23.6. The first-order valence-electron chi connectivity index (χ1n) is 0. The van der Waals surface area contributed by atoms with Crippen molar-refractivity contribution in [2.24, 2.45) is 0 Å². The van der Waals surface area contributed by atoms with E-state index in [4.69, 9.17) is 0 Å². The van der Waals surface area contributed by atoms with E-state index in [2.05, 4.69) is 0 Å². The van der Waals surface area contributed by atoms with Crippen LogP contribution in [0.15, 0.2) is 0 Å². The minimum Gasteiger partial charge on any atom is 0 e. The first-order valence-corrected chi connectivity index (χ1v) is 0. The average molecular weight is 245 g/mol. The van der Waals surface area contributed by atoms with Crippen molar-refractivity contribution in [1.82, 2.24) is 0 Å². The summed E-state index contributed by atoms with van der Waals surface area (Å²) in [7, 11) is 0. The van der Waals surface area contributed by atoms with Crippen LogP contribution < -0.4 is 0 Å². The average Bonchev–Trinajstić information content (AvgIpc) is 0. The summed E-state index contributed by atoms with van der Waals surface area (Å²) in [4.78, 5) is 0. The van der Waals surface area contributed by atoms with Crippen molar-refractivity contribution in [1.29, 1.82) is 0 Å². The standard InChI is InChI=1S/3Na.Yb.3H. The SMILES string of the molecule is [NaH].[NaH].[NaH].[Yb]. The molecule has 0 saturated heterocycles. The van der Waals surface area contributed by atoms with Gasteiger partial charge >= 0.3 is 88.7 Å². The van der Waals surface area contributed by atoms with Gasteiger partial charge in [0.2, 0.25) is 0 Å². The Bertz CT molecular complexity index is 3.25. The molecule has 0 aromatic heterocycles. The smallest absolute Gasteiger partial charge is 0 e. The van der Waals surface area contributed by atoms with Gasteiger partial charge in [-0.05, 0) is 0 Å². The molecule has 0 spiro atoms. The number of hydrogen-bond donors (Lipinski definition) is 0. The van der Waals surface area contributed by atoms with E-state index >= 15 is 0 Å². The van der Waals surface area contributed by atoms with E-state index in [9.17, 15) is 0 Å². The van der Waals surface area contributed by atoms with Crippen LogP contribution in [-0.4, -0.2) is 88.7 Å². The maximum absolute atomic E-state index is 0. The van der Waals surface area contributed by atoms with Gasteiger partial charge in [0.15, 0.2) is 0 Å². The fourth-order valence-corrected chi connectivity index (χ4v) is 0. The molecule has 0 N–H and O–H groups in total. The molecular formula is H3Na3Yb. The van der Waals surface area contributed by atoms with Gasteiger partial charge in [0, 0.05) is 46.9 Å². The van der Waals surface area contributed by atoms with Gasteiger partial charge < -0.3 is 0 Å². The molecule has 0 bridgehead atoms. The maximum atomic E-state index is 0. The van der Waals surface area contributed by atoms with Gasteiger partial charge in [-0.15, -0.1) is 0 Å². The zero-order valence-corrected chi connectivity index (χ0v) is 1.98. The van der Waals surface area contributed by atoms with Gasteiger partial charge in [-0.25, -0.2) is 0 Å². The Morgan fingerprint density at radius 3 is 0.500 bits per heavy atom. The molecule has 0 fully saturated rings. The second-order valence-electron chi connectivity index (χ2n) is 0. The second kappa shape index (κ2) is 15.6. The van der Waals surface area contributed by atoms with E-state index < -0.39 is 0 Å². The fourth-order valence-electron chi connectivity index (χ4n) is 0. The fraction of sp³-hybridized carbons (Fsp3) is 0. The van der Waals surface area contributed by atoms with E-state index in [1.165, 1.54) is 0 Å². The molecule has 4 heavy (non-hydrogen) atoms.